The lowest BCUT2D eigenvalue weighted by Crippen LogP contribution is -2.40. The van der Waals surface area contributed by atoms with Crippen LogP contribution in [-0.2, 0) is 16.8 Å². The quantitative estimate of drug-likeness (QED) is 0.863. The molecule has 5 nitrogen and oxygen atoms in total. The zero-order valence-corrected chi connectivity index (χ0v) is 11.2. The van der Waals surface area contributed by atoms with Crippen LogP contribution < -0.4 is 0 Å². The van der Waals surface area contributed by atoms with Crippen molar-refractivity contribution < 1.29 is 13.5 Å². The van der Waals surface area contributed by atoms with E-state index < -0.39 is 16.3 Å². The van der Waals surface area contributed by atoms with Gasteiger partial charge in [-0.15, -0.1) is 0 Å². The van der Waals surface area contributed by atoms with Crippen molar-refractivity contribution >= 4 is 10.2 Å². The molecule has 0 saturated carbocycles. The summed E-state index contributed by atoms with van der Waals surface area (Å²) in [6.07, 6.45) is -0.0248. The molecule has 1 fully saturated rings. The van der Waals surface area contributed by atoms with Crippen LogP contribution in [0, 0.1) is 0 Å². The van der Waals surface area contributed by atoms with E-state index in [-0.39, 0.29) is 6.54 Å². The molecule has 2 rings (SSSR count). The van der Waals surface area contributed by atoms with Crippen LogP contribution >= 0.6 is 0 Å². The number of aliphatic hydroxyl groups is 1. The Kier molecular flexibility index (Phi) is 4.01. The first-order valence-electron chi connectivity index (χ1n) is 5.93. The highest BCUT2D eigenvalue weighted by Gasteiger charge is 2.33. The number of aliphatic hydroxyl groups excluding tert-OH is 1. The molecular weight excluding hydrogens is 252 g/mol. The van der Waals surface area contributed by atoms with Crippen LogP contribution in [-0.4, -0.2) is 48.4 Å². The highest BCUT2D eigenvalue weighted by Crippen LogP contribution is 2.17. The van der Waals surface area contributed by atoms with Crippen LogP contribution in [0.1, 0.15) is 12.0 Å². The second kappa shape index (κ2) is 5.36. The second-order valence-electron chi connectivity index (χ2n) is 4.55. The van der Waals surface area contributed by atoms with Gasteiger partial charge in [0, 0.05) is 26.7 Å². The van der Waals surface area contributed by atoms with Gasteiger partial charge in [0.15, 0.2) is 0 Å². The van der Waals surface area contributed by atoms with Gasteiger partial charge >= 0.3 is 0 Å². The Labute approximate surface area is 108 Å². The van der Waals surface area contributed by atoms with Crippen molar-refractivity contribution in [2.45, 2.75) is 19.1 Å². The Bertz CT molecular complexity index is 489. The lowest BCUT2D eigenvalue weighted by Gasteiger charge is -2.23. The third-order valence-corrected chi connectivity index (χ3v) is 5.00. The van der Waals surface area contributed by atoms with E-state index in [1.165, 1.54) is 8.61 Å². The summed E-state index contributed by atoms with van der Waals surface area (Å²) in [7, 11) is -1.90. The van der Waals surface area contributed by atoms with Crippen LogP contribution in [0.25, 0.3) is 0 Å². The molecule has 6 heteroatoms. The van der Waals surface area contributed by atoms with Crippen molar-refractivity contribution in [2.24, 2.45) is 0 Å². The largest absolute Gasteiger partial charge is 0.392 e. The molecule has 0 aromatic heterocycles. The van der Waals surface area contributed by atoms with E-state index in [9.17, 15) is 13.5 Å². The summed E-state index contributed by atoms with van der Waals surface area (Å²) < 4.78 is 27.1. The van der Waals surface area contributed by atoms with E-state index in [1.807, 2.05) is 30.3 Å². The van der Waals surface area contributed by atoms with Gasteiger partial charge in [0.05, 0.1) is 6.10 Å². The van der Waals surface area contributed by atoms with Gasteiger partial charge in [0.25, 0.3) is 10.2 Å². The zero-order valence-electron chi connectivity index (χ0n) is 10.4. The minimum Gasteiger partial charge on any atom is -0.392 e. The monoisotopic (exact) mass is 270 g/mol. The highest BCUT2D eigenvalue weighted by molar-refractivity contribution is 7.86. The molecule has 18 heavy (non-hydrogen) atoms. The van der Waals surface area contributed by atoms with E-state index in [4.69, 9.17) is 0 Å². The molecule has 100 valence electrons. The summed E-state index contributed by atoms with van der Waals surface area (Å²) in [5, 5.41) is 9.41. The average Bonchev–Trinajstić information content (AvgIpc) is 2.78. The molecule has 1 atom stereocenters. The molecule has 0 unspecified atom stereocenters. The van der Waals surface area contributed by atoms with Crippen LogP contribution in [0.3, 0.4) is 0 Å². The minimum absolute atomic E-state index is 0.196. The number of rotatable bonds is 4. The standard InChI is InChI=1S/C12H18N2O3S/c1-13(9-11-5-3-2-4-6-11)18(16,17)14-8-7-12(15)10-14/h2-6,12,15H,7-10H2,1H3/t12-/m1/s1. The minimum atomic E-state index is -3.46. The molecule has 1 aliphatic heterocycles. The van der Waals surface area contributed by atoms with Gasteiger partial charge in [-0.25, -0.2) is 0 Å². The van der Waals surface area contributed by atoms with Crippen molar-refractivity contribution in [1.82, 2.24) is 8.61 Å². The number of β-amino-alcohol motifs (C(OH)–C–C–N with tert-alkyl or cyclic N) is 1. The lowest BCUT2D eigenvalue weighted by atomic mass is 10.2. The summed E-state index contributed by atoms with van der Waals surface area (Å²) in [5.74, 6) is 0. The zero-order chi connectivity index (χ0) is 13.2. The number of nitrogens with zero attached hydrogens (tertiary/aromatic N) is 2. The molecule has 1 aliphatic rings. The Morgan fingerprint density at radius 3 is 2.61 bits per heavy atom. The Morgan fingerprint density at radius 2 is 2.06 bits per heavy atom. The van der Waals surface area contributed by atoms with E-state index >= 15 is 0 Å². The van der Waals surface area contributed by atoms with Gasteiger partial charge in [-0.3, -0.25) is 0 Å². The molecule has 0 radical (unpaired) electrons. The van der Waals surface area contributed by atoms with Gasteiger partial charge in [-0.05, 0) is 12.0 Å². The van der Waals surface area contributed by atoms with Crippen LogP contribution in [0.2, 0.25) is 0 Å². The molecule has 0 spiro atoms. The van der Waals surface area contributed by atoms with Gasteiger partial charge in [0.2, 0.25) is 0 Å². The maximum atomic E-state index is 12.2. The maximum Gasteiger partial charge on any atom is 0.282 e. The normalized spacial score (nSPS) is 21.6. The molecule has 1 N–H and O–H groups in total. The van der Waals surface area contributed by atoms with Crippen molar-refractivity contribution in [3.8, 4) is 0 Å². The van der Waals surface area contributed by atoms with Gasteiger partial charge in [-0.2, -0.15) is 17.0 Å². The highest BCUT2D eigenvalue weighted by atomic mass is 32.2. The van der Waals surface area contributed by atoms with Crippen LogP contribution in [0.5, 0.6) is 0 Å². The molecule has 0 amide bonds. The van der Waals surface area contributed by atoms with Crippen molar-refractivity contribution in [3.05, 3.63) is 35.9 Å². The lowest BCUT2D eigenvalue weighted by molar-refractivity contribution is 0.188. The average molecular weight is 270 g/mol. The van der Waals surface area contributed by atoms with Crippen molar-refractivity contribution in [3.63, 3.8) is 0 Å². The Hall–Kier alpha value is -0.950. The van der Waals surface area contributed by atoms with Crippen LogP contribution in [0.4, 0.5) is 0 Å². The molecule has 1 aromatic rings. The third kappa shape index (κ3) is 2.89. The summed E-state index contributed by atoms with van der Waals surface area (Å²) in [4.78, 5) is 0. The van der Waals surface area contributed by atoms with E-state index in [0.717, 1.165) is 5.56 Å². The van der Waals surface area contributed by atoms with Crippen LogP contribution in [0.15, 0.2) is 30.3 Å². The molecule has 0 aliphatic carbocycles. The topological polar surface area (TPSA) is 60.9 Å². The predicted octanol–water partition coefficient (Wildman–Crippen LogP) is 0.430. The van der Waals surface area contributed by atoms with Crippen molar-refractivity contribution in [1.29, 1.82) is 0 Å². The SMILES string of the molecule is CN(Cc1ccccc1)S(=O)(=O)N1CC[C@@H](O)C1. The third-order valence-electron chi connectivity index (χ3n) is 3.09. The summed E-state index contributed by atoms with van der Waals surface area (Å²) >= 11 is 0. The summed E-state index contributed by atoms with van der Waals surface area (Å²) in [5.41, 5.74) is 0.948. The Balaban J connectivity index is 2.06. The van der Waals surface area contributed by atoms with E-state index in [1.54, 1.807) is 7.05 Å². The maximum absolute atomic E-state index is 12.2. The molecule has 0 bridgehead atoms. The predicted molar refractivity (Wildman–Crippen MR) is 69.0 cm³/mol. The second-order valence-corrected chi connectivity index (χ2v) is 6.59. The first-order valence-corrected chi connectivity index (χ1v) is 7.33. The number of hydrogen-bond donors (Lipinski definition) is 1. The summed E-state index contributed by atoms with van der Waals surface area (Å²) in [6.45, 7) is 0.930. The molecule has 1 heterocycles. The fourth-order valence-corrected chi connectivity index (χ4v) is 3.44. The van der Waals surface area contributed by atoms with Gasteiger partial charge in [-0.1, -0.05) is 30.3 Å². The molecule has 1 aromatic carbocycles. The van der Waals surface area contributed by atoms with E-state index in [0.29, 0.717) is 19.5 Å². The van der Waals surface area contributed by atoms with Gasteiger partial charge in [0.1, 0.15) is 0 Å². The molecular formula is C12H18N2O3S. The fraction of sp³-hybridized carbons (Fsp3) is 0.500. The number of hydrogen-bond acceptors (Lipinski definition) is 3. The Morgan fingerprint density at radius 1 is 1.39 bits per heavy atom. The first kappa shape index (κ1) is 13.5. The smallest absolute Gasteiger partial charge is 0.282 e. The van der Waals surface area contributed by atoms with Crippen molar-refractivity contribution in [2.75, 3.05) is 20.1 Å². The van der Waals surface area contributed by atoms with E-state index in [2.05, 4.69) is 0 Å². The number of benzene rings is 1. The molecule has 1 saturated heterocycles. The summed E-state index contributed by atoms with van der Waals surface area (Å²) in [6, 6.07) is 9.45. The first-order chi connectivity index (χ1) is 8.50. The van der Waals surface area contributed by atoms with Gasteiger partial charge < -0.3 is 5.11 Å². The fourth-order valence-electron chi connectivity index (χ4n) is 2.04.